The summed E-state index contributed by atoms with van der Waals surface area (Å²) in [5, 5.41) is 3.68. The molecule has 1 aliphatic carbocycles. The Hall–Kier alpha value is -0.0400. The van der Waals surface area contributed by atoms with Gasteiger partial charge in [0.1, 0.15) is 0 Å². The fraction of sp³-hybridized carbons (Fsp3) is 1.00. The summed E-state index contributed by atoms with van der Waals surface area (Å²) >= 11 is 0. The van der Waals surface area contributed by atoms with Crippen LogP contribution in [0.4, 0.5) is 0 Å². The van der Waals surface area contributed by atoms with Gasteiger partial charge in [0, 0.05) is 6.04 Å². The van der Waals surface area contributed by atoms with Gasteiger partial charge in [-0.25, -0.2) is 0 Å². The van der Waals surface area contributed by atoms with Crippen molar-refractivity contribution in [2.75, 3.05) is 6.54 Å². The van der Waals surface area contributed by atoms with Crippen molar-refractivity contribution >= 4 is 0 Å². The maximum absolute atomic E-state index is 3.68. The van der Waals surface area contributed by atoms with Crippen LogP contribution < -0.4 is 5.32 Å². The first-order chi connectivity index (χ1) is 8.34. The van der Waals surface area contributed by atoms with Crippen molar-refractivity contribution in [3.8, 4) is 0 Å². The van der Waals surface area contributed by atoms with E-state index in [2.05, 4.69) is 46.9 Å². The molecule has 1 fully saturated rings. The first-order valence-electron chi connectivity index (χ1n) is 8.08. The van der Waals surface area contributed by atoms with Crippen LogP contribution in [-0.2, 0) is 0 Å². The van der Waals surface area contributed by atoms with Crippen LogP contribution in [0.3, 0.4) is 0 Å². The zero-order chi connectivity index (χ0) is 13.8. The second-order valence-electron chi connectivity index (χ2n) is 7.69. The zero-order valence-corrected chi connectivity index (χ0v) is 13.6. The van der Waals surface area contributed by atoms with Crippen LogP contribution in [0, 0.1) is 23.2 Å². The Morgan fingerprint density at radius 3 is 2.28 bits per heavy atom. The molecule has 0 heterocycles. The highest BCUT2D eigenvalue weighted by molar-refractivity contribution is 4.82. The van der Waals surface area contributed by atoms with Gasteiger partial charge in [-0.2, -0.15) is 0 Å². The van der Waals surface area contributed by atoms with Crippen LogP contribution in [0.5, 0.6) is 0 Å². The summed E-state index contributed by atoms with van der Waals surface area (Å²) < 4.78 is 0. The molecule has 1 nitrogen and oxygen atoms in total. The molecule has 0 spiro atoms. The van der Waals surface area contributed by atoms with Crippen molar-refractivity contribution in [2.24, 2.45) is 23.2 Å². The summed E-state index contributed by atoms with van der Waals surface area (Å²) in [4.78, 5) is 0. The van der Waals surface area contributed by atoms with Crippen LogP contribution in [0.15, 0.2) is 0 Å². The maximum Gasteiger partial charge on any atom is 0.0116 e. The van der Waals surface area contributed by atoms with Gasteiger partial charge in [0.15, 0.2) is 0 Å². The summed E-state index contributed by atoms with van der Waals surface area (Å²) in [7, 11) is 0. The highest BCUT2D eigenvalue weighted by Crippen LogP contribution is 2.36. The Balaban J connectivity index is 2.38. The molecule has 0 aliphatic heterocycles. The van der Waals surface area contributed by atoms with Crippen molar-refractivity contribution in [1.29, 1.82) is 0 Å². The number of nitrogens with one attached hydrogen (secondary N) is 1. The van der Waals surface area contributed by atoms with Crippen molar-refractivity contribution in [2.45, 2.75) is 79.7 Å². The van der Waals surface area contributed by atoms with E-state index in [1.807, 2.05) is 0 Å². The molecule has 1 N–H and O–H groups in total. The lowest BCUT2D eigenvalue weighted by Gasteiger charge is -2.36. The van der Waals surface area contributed by atoms with Crippen molar-refractivity contribution in [3.63, 3.8) is 0 Å². The SMILES string of the molecule is CCNC(CCC1CCC(C)C(C)C1)C(C)(C)C. The minimum absolute atomic E-state index is 0.392. The first kappa shape index (κ1) is 16.0. The third kappa shape index (κ3) is 4.91. The van der Waals surface area contributed by atoms with E-state index in [0.29, 0.717) is 11.5 Å². The summed E-state index contributed by atoms with van der Waals surface area (Å²) in [5.74, 6) is 2.88. The van der Waals surface area contributed by atoms with Crippen LogP contribution in [0.1, 0.15) is 73.6 Å². The fourth-order valence-electron chi connectivity index (χ4n) is 3.41. The van der Waals surface area contributed by atoms with E-state index in [9.17, 15) is 0 Å². The van der Waals surface area contributed by atoms with Gasteiger partial charge in [-0.05, 0) is 49.0 Å². The Morgan fingerprint density at radius 1 is 1.11 bits per heavy atom. The summed E-state index contributed by atoms with van der Waals surface area (Å²) in [6.45, 7) is 15.3. The van der Waals surface area contributed by atoms with E-state index in [1.54, 1.807) is 0 Å². The average Bonchev–Trinajstić information content (AvgIpc) is 2.27. The molecule has 0 aromatic rings. The van der Waals surface area contributed by atoms with E-state index in [1.165, 1.54) is 32.1 Å². The molecule has 0 radical (unpaired) electrons. The Labute approximate surface area is 115 Å². The largest absolute Gasteiger partial charge is 0.314 e. The van der Waals surface area contributed by atoms with Crippen molar-refractivity contribution < 1.29 is 0 Å². The lowest BCUT2D eigenvalue weighted by molar-refractivity contribution is 0.178. The van der Waals surface area contributed by atoms with E-state index < -0.39 is 0 Å². The van der Waals surface area contributed by atoms with Crippen LogP contribution >= 0.6 is 0 Å². The van der Waals surface area contributed by atoms with Gasteiger partial charge in [0.05, 0.1) is 0 Å². The highest BCUT2D eigenvalue weighted by Gasteiger charge is 2.28. The van der Waals surface area contributed by atoms with Gasteiger partial charge in [-0.1, -0.05) is 54.4 Å². The van der Waals surface area contributed by atoms with Gasteiger partial charge >= 0.3 is 0 Å². The molecule has 1 saturated carbocycles. The molecule has 0 saturated heterocycles. The van der Waals surface area contributed by atoms with Crippen molar-refractivity contribution in [3.05, 3.63) is 0 Å². The van der Waals surface area contributed by atoms with E-state index in [4.69, 9.17) is 0 Å². The molecule has 0 aromatic heterocycles. The fourth-order valence-corrected chi connectivity index (χ4v) is 3.41. The Bertz CT molecular complexity index is 228. The quantitative estimate of drug-likeness (QED) is 0.737. The molecule has 4 unspecified atom stereocenters. The highest BCUT2D eigenvalue weighted by atomic mass is 14.9. The van der Waals surface area contributed by atoms with Gasteiger partial charge in [0.25, 0.3) is 0 Å². The lowest BCUT2D eigenvalue weighted by atomic mass is 9.73. The maximum atomic E-state index is 3.68. The summed E-state index contributed by atoms with van der Waals surface area (Å²) in [6.07, 6.45) is 7.15. The van der Waals surface area contributed by atoms with Gasteiger partial charge in [-0.15, -0.1) is 0 Å². The second-order valence-corrected chi connectivity index (χ2v) is 7.69. The van der Waals surface area contributed by atoms with E-state index >= 15 is 0 Å². The van der Waals surface area contributed by atoms with E-state index in [-0.39, 0.29) is 0 Å². The zero-order valence-electron chi connectivity index (χ0n) is 13.6. The van der Waals surface area contributed by atoms with Crippen LogP contribution in [-0.4, -0.2) is 12.6 Å². The Kier molecular flexibility index (Phi) is 6.17. The standard InChI is InChI=1S/C17H35N/c1-7-18-16(17(4,5)6)11-10-15-9-8-13(2)14(3)12-15/h13-16,18H,7-12H2,1-6H3. The monoisotopic (exact) mass is 253 g/mol. The van der Waals surface area contributed by atoms with Crippen LogP contribution in [0.25, 0.3) is 0 Å². The molecule has 4 atom stereocenters. The second kappa shape index (κ2) is 6.93. The molecule has 1 aliphatic rings. The molecule has 0 amide bonds. The molecular formula is C17H35N. The van der Waals surface area contributed by atoms with Crippen molar-refractivity contribution in [1.82, 2.24) is 5.32 Å². The molecular weight excluding hydrogens is 218 g/mol. The normalized spacial score (nSPS) is 31.3. The molecule has 18 heavy (non-hydrogen) atoms. The minimum atomic E-state index is 0.392. The lowest BCUT2D eigenvalue weighted by Crippen LogP contribution is -2.40. The number of hydrogen-bond acceptors (Lipinski definition) is 1. The molecule has 108 valence electrons. The van der Waals surface area contributed by atoms with Gasteiger partial charge in [0.2, 0.25) is 0 Å². The molecule has 1 rings (SSSR count). The summed E-state index contributed by atoms with van der Waals surface area (Å²) in [5.41, 5.74) is 0.392. The summed E-state index contributed by atoms with van der Waals surface area (Å²) in [6, 6.07) is 0.678. The van der Waals surface area contributed by atoms with Gasteiger partial charge in [-0.3, -0.25) is 0 Å². The van der Waals surface area contributed by atoms with E-state index in [0.717, 1.165) is 24.3 Å². The first-order valence-corrected chi connectivity index (χ1v) is 8.08. The number of hydrogen-bond donors (Lipinski definition) is 1. The predicted octanol–water partition coefficient (Wildman–Crippen LogP) is 4.86. The minimum Gasteiger partial charge on any atom is -0.314 e. The molecule has 1 heteroatoms. The predicted molar refractivity (Wildman–Crippen MR) is 81.8 cm³/mol. The molecule has 0 aromatic carbocycles. The molecule has 0 bridgehead atoms. The average molecular weight is 253 g/mol. The topological polar surface area (TPSA) is 12.0 Å². The smallest absolute Gasteiger partial charge is 0.0116 e. The number of rotatable bonds is 5. The third-order valence-electron chi connectivity index (χ3n) is 5.07. The van der Waals surface area contributed by atoms with Crippen LogP contribution in [0.2, 0.25) is 0 Å². The Morgan fingerprint density at radius 2 is 1.78 bits per heavy atom. The van der Waals surface area contributed by atoms with Gasteiger partial charge < -0.3 is 5.32 Å². The third-order valence-corrected chi connectivity index (χ3v) is 5.07.